The van der Waals surface area contributed by atoms with Gasteiger partial charge in [-0.05, 0) is 56.3 Å². The van der Waals surface area contributed by atoms with Crippen molar-refractivity contribution < 1.29 is 9.72 Å². The van der Waals surface area contributed by atoms with Crippen molar-refractivity contribution in [3.05, 3.63) is 15.1 Å². The molecule has 4 bridgehead atoms. The van der Waals surface area contributed by atoms with Crippen LogP contribution in [0.2, 0.25) is 0 Å². The van der Waals surface area contributed by atoms with Crippen molar-refractivity contribution in [3.63, 3.8) is 0 Å². The average molecular weight is 348 g/mol. The molecule has 128 valence electrons. The van der Waals surface area contributed by atoms with E-state index in [9.17, 15) is 14.9 Å². The lowest BCUT2D eigenvalue weighted by Gasteiger charge is -2.55. The molecule has 24 heavy (non-hydrogen) atoms. The van der Waals surface area contributed by atoms with E-state index in [2.05, 4.69) is 15.5 Å². The minimum Gasteiger partial charge on any atom is -0.300 e. The predicted molar refractivity (Wildman–Crippen MR) is 87.3 cm³/mol. The predicted octanol–water partition coefficient (Wildman–Crippen LogP) is 2.61. The van der Waals surface area contributed by atoms with E-state index in [4.69, 9.17) is 0 Å². The molecule has 0 unspecified atom stereocenters. The molecule has 5 aliphatic carbocycles. The third-order valence-corrected chi connectivity index (χ3v) is 7.60. The summed E-state index contributed by atoms with van der Waals surface area (Å²) in [5, 5.41) is 23.6. The van der Waals surface area contributed by atoms with Gasteiger partial charge in [-0.2, -0.15) is 0 Å². The molecule has 0 spiro atoms. The van der Waals surface area contributed by atoms with Crippen molar-refractivity contribution in [1.82, 2.24) is 10.2 Å². The molecule has 0 aromatic carbocycles. The highest BCUT2D eigenvalue weighted by molar-refractivity contribution is 7.15. The van der Waals surface area contributed by atoms with Gasteiger partial charge in [-0.1, -0.05) is 11.3 Å². The number of carbonyl (C=O) groups is 1. The summed E-state index contributed by atoms with van der Waals surface area (Å²) in [5.41, 5.74) is 0.179. The molecule has 1 N–H and O–H groups in total. The van der Waals surface area contributed by atoms with Gasteiger partial charge in [0, 0.05) is 16.8 Å². The molecular weight excluding hydrogens is 328 g/mol. The quantitative estimate of drug-likeness (QED) is 0.666. The van der Waals surface area contributed by atoms with Gasteiger partial charge in [0.05, 0.1) is 0 Å². The van der Waals surface area contributed by atoms with E-state index < -0.39 is 12.0 Å². The lowest BCUT2D eigenvalue weighted by Crippen LogP contribution is -2.48. The Kier molecular flexibility index (Phi) is 3.05. The van der Waals surface area contributed by atoms with Crippen molar-refractivity contribution in [3.8, 4) is 0 Å². The number of carbonyl (C=O) groups excluding carboxylic acids is 1. The van der Waals surface area contributed by atoms with Crippen LogP contribution in [0.4, 0.5) is 5.13 Å². The molecule has 0 saturated heterocycles. The fourth-order valence-electron chi connectivity index (χ4n) is 5.76. The molecule has 1 heterocycles. The number of hydrogen-bond acceptors (Lipinski definition) is 6. The van der Waals surface area contributed by atoms with Crippen molar-refractivity contribution in [1.29, 1.82) is 0 Å². The van der Waals surface area contributed by atoms with Gasteiger partial charge in [0.1, 0.15) is 10.9 Å². The number of nitro groups is 1. The molecule has 1 aromatic rings. The molecule has 0 radical (unpaired) electrons. The van der Waals surface area contributed by atoms with Crippen LogP contribution in [-0.2, 0) is 10.2 Å². The first-order valence-corrected chi connectivity index (χ1v) is 9.62. The zero-order valence-electron chi connectivity index (χ0n) is 13.3. The Morgan fingerprint density at radius 2 is 1.75 bits per heavy atom. The largest absolute Gasteiger partial charge is 0.300 e. The number of amides is 1. The topological polar surface area (TPSA) is 98.0 Å². The van der Waals surface area contributed by atoms with Crippen LogP contribution in [0, 0.1) is 33.8 Å². The minimum atomic E-state index is -0.722. The summed E-state index contributed by atoms with van der Waals surface area (Å²) in [6, 6.07) is -0.722. The molecule has 7 nitrogen and oxygen atoms in total. The zero-order chi connectivity index (χ0) is 16.5. The number of rotatable bonds is 4. The maximum Gasteiger partial charge on any atom is 0.236 e. The minimum absolute atomic E-state index is 0.179. The smallest absolute Gasteiger partial charge is 0.236 e. The van der Waals surface area contributed by atoms with Gasteiger partial charge in [-0.25, -0.2) is 0 Å². The van der Waals surface area contributed by atoms with E-state index in [-0.39, 0.29) is 16.2 Å². The Labute approximate surface area is 143 Å². The maximum atomic E-state index is 12.1. The van der Waals surface area contributed by atoms with E-state index in [1.807, 2.05) is 0 Å². The maximum absolute atomic E-state index is 12.1. The van der Waals surface area contributed by atoms with Crippen molar-refractivity contribution in [2.24, 2.45) is 23.7 Å². The fourth-order valence-corrected chi connectivity index (χ4v) is 6.72. The normalized spacial score (nSPS) is 42.1. The van der Waals surface area contributed by atoms with E-state index in [1.165, 1.54) is 49.9 Å². The number of nitrogens with zero attached hydrogens (tertiary/aromatic N) is 3. The summed E-state index contributed by atoms with van der Waals surface area (Å²) < 4.78 is 0. The molecule has 5 aliphatic rings. The monoisotopic (exact) mass is 348 g/mol. The number of nitrogens with one attached hydrogen (secondary N) is 1. The van der Waals surface area contributed by atoms with E-state index >= 15 is 0 Å². The standard InChI is InChI=1S/C16H20N4O3S/c21-13(11-4-12(11)20(22)23)17-15-19-18-14(24-15)16-5-8-1-9(6-16)3-10(2-8)7-16/h8-12H,1-7H2,(H,17,19,21)/t8?,9?,10?,11-,12+,16?/m1/s1. The van der Waals surface area contributed by atoms with E-state index in [1.54, 1.807) is 0 Å². The molecule has 2 atom stereocenters. The van der Waals surface area contributed by atoms with Gasteiger partial charge in [0.15, 0.2) is 0 Å². The first kappa shape index (κ1) is 14.7. The Hall–Kier alpha value is -1.57. The number of anilines is 1. The van der Waals surface area contributed by atoms with Crippen LogP contribution in [0.3, 0.4) is 0 Å². The van der Waals surface area contributed by atoms with Gasteiger partial charge in [-0.15, -0.1) is 10.2 Å². The molecule has 5 saturated carbocycles. The highest BCUT2D eigenvalue weighted by atomic mass is 32.1. The van der Waals surface area contributed by atoms with Gasteiger partial charge < -0.3 is 5.32 Å². The van der Waals surface area contributed by atoms with Gasteiger partial charge in [0.25, 0.3) is 0 Å². The SMILES string of the molecule is O=C(Nc1nnc(C23CC4CC(CC(C4)C2)C3)s1)[C@@H]1C[C@@H]1[N+](=O)[O-]. The Morgan fingerprint density at radius 3 is 2.29 bits per heavy atom. The zero-order valence-corrected chi connectivity index (χ0v) is 14.1. The van der Waals surface area contributed by atoms with Crippen molar-refractivity contribution in [2.45, 2.75) is 56.4 Å². The lowest BCUT2D eigenvalue weighted by molar-refractivity contribution is -0.497. The third kappa shape index (κ3) is 2.26. The summed E-state index contributed by atoms with van der Waals surface area (Å²) in [6.07, 6.45) is 8.12. The lowest BCUT2D eigenvalue weighted by atomic mass is 9.50. The van der Waals surface area contributed by atoms with Crippen LogP contribution >= 0.6 is 11.3 Å². The van der Waals surface area contributed by atoms with Crippen LogP contribution in [0.5, 0.6) is 0 Å². The van der Waals surface area contributed by atoms with Gasteiger partial charge >= 0.3 is 0 Å². The summed E-state index contributed by atoms with van der Waals surface area (Å²) in [5.74, 6) is 1.72. The first-order valence-electron chi connectivity index (χ1n) is 8.81. The summed E-state index contributed by atoms with van der Waals surface area (Å²) in [7, 11) is 0. The molecular formula is C16H20N4O3S. The molecule has 5 fully saturated rings. The third-order valence-electron chi connectivity index (χ3n) is 6.51. The highest BCUT2D eigenvalue weighted by Crippen LogP contribution is 2.61. The van der Waals surface area contributed by atoms with Crippen LogP contribution in [0.15, 0.2) is 0 Å². The molecule has 1 aromatic heterocycles. The second kappa shape index (κ2) is 4.97. The molecule has 6 rings (SSSR count). The average Bonchev–Trinajstić information content (AvgIpc) is 3.19. The Bertz CT molecular complexity index is 683. The van der Waals surface area contributed by atoms with Gasteiger partial charge in [-0.3, -0.25) is 14.9 Å². The Morgan fingerprint density at radius 1 is 1.12 bits per heavy atom. The fraction of sp³-hybridized carbons (Fsp3) is 0.812. The molecule has 0 aliphatic heterocycles. The second-order valence-corrected chi connectivity index (χ2v) is 9.27. The highest BCUT2D eigenvalue weighted by Gasteiger charge is 2.54. The van der Waals surface area contributed by atoms with Crippen molar-refractivity contribution >= 4 is 22.4 Å². The van der Waals surface area contributed by atoms with Gasteiger partial charge in [0.2, 0.25) is 17.1 Å². The number of aromatic nitrogens is 2. The summed E-state index contributed by atoms with van der Waals surface area (Å²) in [4.78, 5) is 22.4. The Balaban J connectivity index is 1.31. The summed E-state index contributed by atoms with van der Waals surface area (Å²) >= 11 is 1.48. The van der Waals surface area contributed by atoms with Crippen LogP contribution in [0.1, 0.15) is 50.0 Å². The molecule has 1 amide bonds. The summed E-state index contributed by atoms with van der Waals surface area (Å²) in [6.45, 7) is 0. The van der Waals surface area contributed by atoms with Crippen LogP contribution in [0.25, 0.3) is 0 Å². The molecule has 8 heteroatoms. The van der Waals surface area contributed by atoms with E-state index in [0.717, 1.165) is 22.8 Å². The first-order chi connectivity index (χ1) is 11.5. The number of hydrogen-bond donors (Lipinski definition) is 1. The van der Waals surface area contributed by atoms with E-state index in [0.29, 0.717) is 11.6 Å². The van der Waals surface area contributed by atoms with Crippen LogP contribution in [-0.4, -0.2) is 27.1 Å². The second-order valence-electron chi connectivity index (χ2n) is 8.29. The van der Waals surface area contributed by atoms with Crippen LogP contribution < -0.4 is 5.32 Å². The van der Waals surface area contributed by atoms with Crippen molar-refractivity contribution in [2.75, 3.05) is 5.32 Å².